The Morgan fingerprint density at radius 3 is 1.90 bits per heavy atom. The molecule has 376 valence electrons. The smallest absolute Gasteiger partial charge is 0.416 e. The van der Waals surface area contributed by atoms with E-state index >= 15 is 0 Å². The van der Waals surface area contributed by atoms with Crippen molar-refractivity contribution in [3.63, 3.8) is 0 Å². The summed E-state index contributed by atoms with van der Waals surface area (Å²) in [5.74, 6) is 1.85. The molecule has 2 aromatic carbocycles. The average Bonchev–Trinajstić information content (AvgIpc) is 4.22. The minimum Gasteiger partial charge on any atom is -0.458 e. The lowest BCUT2D eigenvalue weighted by Gasteiger charge is -2.35. The highest BCUT2D eigenvalue weighted by Crippen LogP contribution is 2.42. The third-order valence-electron chi connectivity index (χ3n) is 12.7. The second kappa shape index (κ2) is 20.3. The quantitative estimate of drug-likeness (QED) is 0.129. The number of carbonyl (C=O) groups is 1. The maximum Gasteiger partial charge on any atom is 0.416 e. The number of aromatic nitrogens is 6. The van der Waals surface area contributed by atoms with Gasteiger partial charge in [0.1, 0.15) is 23.8 Å². The van der Waals surface area contributed by atoms with E-state index in [9.17, 15) is 31.1 Å². The van der Waals surface area contributed by atoms with Crippen LogP contribution in [0.5, 0.6) is 12.0 Å². The van der Waals surface area contributed by atoms with E-state index in [0.29, 0.717) is 72.6 Å². The molecule has 6 aromatic rings. The third-order valence-corrected chi connectivity index (χ3v) is 12.7. The molecule has 23 heteroatoms. The zero-order valence-electron chi connectivity index (χ0n) is 38.4. The lowest BCUT2D eigenvalue weighted by atomic mass is 10.1. The molecule has 4 saturated heterocycles. The monoisotopic (exact) mass is 998 g/mol. The van der Waals surface area contributed by atoms with Gasteiger partial charge < -0.3 is 39.8 Å². The molecule has 0 saturated carbocycles. The number of urea groups is 1. The topological polar surface area (TPSA) is 191 Å². The number of nitrogens with two attached hydrogens (primary N) is 1. The van der Waals surface area contributed by atoms with Crippen molar-refractivity contribution in [3.05, 3.63) is 108 Å². The van der Waals surface area contributed by atoms with Crippen LogP contribution in [0.2, 0.25) is 0 Å². The van der Waals surface area contributed by atoms with Crippen molar-refractivity contribution in [2.45, 2.75) is 62.3 Å². The van der Waals surface area contributed by atoms with Crippen molar-refractivity contribution in [3.8, 4) is 34.5 Å². The van der Waals surface area contributed by atoms with Crippen LogP contribution in [0.1, 0.15) is 36.8 Å². The van der Waals surface area contributed by atoms with Gasteiger partial charge in [-0.1, -0.05) is 24.3 Å². The zero-order valence-corrected chi connectivity index (χ0v) is 38.4. The number of carbonyl (C=O) groups excluding carboxylic acids is 1. The lowest BCUT2D eigenvalue weighted by molar-refractivity contribution is -0.138. The first kappa shape index (κ1) is 48.1. The van der Waals surface area contributed by atoms with Gasteiger partial charge in [0, 0.05) is 68.6 Å². The summed E-state index contributed by atoms with van der Waals surface area (Å²) in [6.45, 7) is 5.79. The van der Waals surface area contributed by atoms with Crippen molar-refractivity contribution in [2.24, 2.45) is 0 Å². The Balaban J connectivity index is 0.000000143. The molecular formula is C49H48F6N12O5. The van der Waals surface area contributed by atoms with Crippen LogP contribution in [0.4, 0.5) is 65.8 Å². The standard InChI is InChI=1S/C25H23F3N6O3.C16H14F3N3.C8H11N3O2/c26-25(27,28)16-3-1-2-15(12-16)19-4-5-20-22(30-19)34(17-7-10-33(20)13-17)24(35)32-21-6-9-29-23(31-21)37-18-8-11-36-14-18;17-16(18,19)11-3-1-2-10(8-11)13-4-5-14-15(21-13)20-12-6-7-22(14)9-12;9-7-1-3-10-8(11-7)13-6-2-4-12-5-6/h1-6,9,12,17-18H,7-8,10-11,13-14H2,(H,29,31,32,35);1-5,8,12H,6-7,9H2,(H,20,21);1,3,6H,2,4-5H2,(H2,9,10,11)/t17-,18+;12-;6-/m001/s1. The van der Waals surface area contributed by atoms with Gasteiger partial charge in [0.15, 0.2) is 11.6 Å². The van der Waals surface area contributed by atoms with Crippen LogP contribution in [0.15, 0.2) is 97.3 Å². The molecule has 0 radical (unpaired) electrons. The van der Waals surface area contributed by atoms with Gasteiger partial charge >= 0.3 is 30.4 Å². The fourth-order valence-corrected chi connectivity index (χ4v) is 9.16. The SMILES string of the molecule is FC(F)(F)c1cccc(-c2ccc3c(n2)N[C@H]2CCN3C2)c1.Nc1ccnc(O[C@@H]2CCOC2)n1.O=C(Nc1ccnc(O[C@@H]2CCOC2)n1)N1c2nc(-c3cccc(C(F)(F)F)c3)ccc2N2CC[C@H]1C2. The summed E-state index contributed by atoms with van der Waals surface area (Å²) in [7, 11) is 0. The molecule has 4 aromatic heterocycles. The molecule has 6 aliphatic heterocycles. The van der Waals surface area contributed by atoms with E-state index < -0.39 is 29.5 Å². The Bertz CT molecular complexity index is 2900. The molecule has 2 amide bonds. The van der Waals surface area contributed by atoms with Gasteiger partial charge in [-0.2, -0.15) is 36.3 Å². The van der Waals surface area contributed by atoms with E-state index in [4.69, 9.17) is 24.7 Å². The van der Waals surface area contributed by atoms with Crippen molar-refractivity contribution < 1.29 is 50.1 Å². The molecule has 4 bridgehead atoms. The maximum absolute atomic E-state index is 13.5. The minimum absolute atomic E-state index is 0.0711. The van der Waals surface area contributed by atoms with Crippen LogP contribution in [0.3, 0.4) is 0 Å². The molecule has 6 aliphatic rings. The number of halogens is 6. The summed E-state index contributed by atoms with van der Waals surface area (Å²) < 4.78 is 99.9. The molecule has 17 nitrogen and oxygen atoms in total. The van der Waals surface area contributed by atoms with Crippen molar-refractivity contribution in [2.75, 3.05) is 83.7 Å². The Morgan fingerprint density at radius 2 is 1.28 bits per heavy atom. The molecule has 4 fully saturated rings. The summed E-state index contributed by atoms with van der Waals surface area (Å²) in [5.41, 5.74) is 7.55. The second-order valence-electron chi connectivity index (χ2n) is 17.7. The average molecular weight is 999 g/mol. The van der Waals surface area contributed by atoms with Crippen LogP contribution < -0.4 is 40.5 Å². The molecule has 72 heavy (non-hydrogen) atoms. The minimum atomic E-state index is -4.47. The Hall–Kier alpha value is -7.53. The summed E-state index contributed by atoms with van der Waals surface area (Å²) in [6, 6.07) is 21.0. The van der Waals surface area contributed by atoms with Gasteiger partial charge in [0.2, 0.25) is 0 Å². The molecule has 4 N–H and O–H groups in total. The number of pyridine rings is 2. The van der Waals surface area contributed by atoms with Gasteiger partial charge in [-0.25, -0.2) is 24.7 Å². The number of anilines is 6. The molecule has 10 heterocycles. The number of rotatable bonds is 7. The van der Waals surface area contributed by atoms with Crippen LogP contribution in [-0.4, -0.2) is 113 Å². The van der Waals surface area contributed by atoms with Crippen LogP contribution in [0, 0.1) is 0 Å². The lowest BCUT2D eigenvalue weighted by Crippen LogP contribution is -2.48. The normalized spacial score (nSPS) is 20.6. The van der Waals surface area contributed by atoms with Gasteiger partial charge in [-0.05, 0) is 73.5 Å². The Labute approximate surface area is 408 Å². The zero-order chi connectivity index (χ0) is 50.0. The predicted molar refractivity (Wildman–Crippen MR) is 254 cm³/mol. The number of nitrogen functional groups attached to an aromatic ring is 1. The van der Waals surface area contributed by atoms with E-state index in [1.165, 1.54) is 18.3 Å². The van der Waals surface area contributed by atoms with Crippen molar-refractivity contribution in [1.82, 2.24) is 29.9 Å². The number of hydrogen-bond donors (Lipinski definition) is 3. The van der Waals surface area contributed by atoms with E-state index in [-0.39, 0.29) is 30.1 Å². The number of amides is 2. The fourth-order valence-electron chi connectivity index (χ4n) is 9.16. The Morgan fingerprint density at radius 1 is 0.681 bits per heavy atom. The maximum atomic E-state index is 13.5. The first-order valence-electron chi connectivity index (χ1n) is 23.3. The van der Waals surface area contributed by atoms with E-state index in [1.54, 1.807) is 53.6 Å². The number of nitrogens with zero attached hydrogens (tertiary/aromatic N) is 9. The molecular weight excluding hydrogens is 951 g/mol. The number of hydrogen-bond acceptors (Lipinski definition) is 15. The van der Waals surface area contributed by atoms with Crippen molar-refractivity contribution >= 4 is 40.7 Å². The summed E-state index contributed by atoms with van der Waals surface area (Å²) in [6.07, 6.45) is -2.37. The predicted octanol–water partition coefficient (Wildman–Crippen LogP) is 8.35. The molecule has 12 rings (SSSR count). The summed E-state index contributed by atoms with van der Waals surface area (Å²) >= 11 is 0. The van der Waals surface area contributed by atoms with E-state index in [0.717, 1.165) is 93.4 Å². The molecule has 4 atom stereocenters. The number of ether oxygens (including phenoxy) is 4. The number of alkyl halides is 6. The number of nitrogens with one attached hydrogen (secondary N) is 2. The van der Waals surface area contributed by atoms with Gasteiger partial charge in [-0.15, -0.1) is 0 Å². The van der Waals surface area contributed by atoms with Crippen LogP contribution in [-0.2, 0) is 21.8 Å². The van der Waals surface area contributed by atoms with E-state index in [1.807, 2.05) is 6.07 Å². The third kappa shape index (κ3) is 11.0. The van der Waals surface area contributed by atoms with E-state index in [2.05, 4.69) is 50.3 Å². The van der Waals surface area contributed by atoms with Gasteiger partial charge in [-0.3, -0.25) is 10.2 Å². The highest BCUT2D eigenvalue weighted by atomic mass is 19.4. The number of fused-ring (bicyclic) bond motifs is 8. The second-order valence-corrected chi connectivity index (χ2v) is 17.7. The van der Waals surface area contributed by atoms with Crippen LogP contribution in [0.25, 0.3) is 22.5 Å². The highest BCUT2D eigenvalue weighted by Gasteiger charge is 2.41. The Kier molecular flexibility index (Phi) is 13.6. The molecule has 0 unspecified atom stereocenters. The molecule has 0 aliphatic carbocycles. The number of benzene rings is 2. The molecule has 0 spiro atoms. The first-order valence-corrected chi connectivity index (χ1v) is 23.3. The van der Waals surface area contributed by atoms with Gasteiger partial charge in [0.25, 0.3) is 0 Å². The fraction of sp³-hybridized carbons (Fsp3) is 0.367. The van der Waals surface area contributed by atoms with Gasteiger partial charge in [0.05, 0.1) is 66.4 Å². The highest BCUT2D eigenvalue weighted by molar-refractivity contribution is 6.04. The van der Waals surface area contributed by atoms with Crippen molar-refractivity contribution in [1.29, 1.82) is 0 Å². The summed E-state index contributed by atoms with van der Waals surface area (Å²) in [4.78, 5) is 44.9. The largest absolute Gasteiger partial charge is 0.458 e. The van der Waals surface area contributed by atoms with Crippen LogP contribution >= 0.6 is 0 Å². The first-order chi connectivity index (χ1) is 34.7. The summed E-state index contributed by atoms with van der Waals surface area (Å²) in [5, 5.41) is 6.17.